The zero-order valence-corrected chi connectivity index (χ0v) is 11.2. The van der Waals surface area contributed by atoms with Crippen molar-refractivity contribution in [3.05, 3.63) is 29.8 Å². The number of hydrogen-bond donors (Lipinski definition) is 1. The van der Waals surface area contributed by atoms with E-state index in [0.717, 1.165) is 18.7 Å². The zero-order valence-electron chi connectivity index (χ0n) is 11.2. The van der Waals surface area contributed by atoms with Crippen LogP contribution in [0.15, 0.2) is 18.5 Å². The van der Waals surface area contributed by atoms with Gasteiger partial charge in [-0.3, -0.25) is 4.98 Å². The lowest BCUT2D eigenvalue weighted by Crippen LogP contribution is -2.46. The predicted octanol–water partition coefficient (Wildman–Crippen LogP) is 2.36. The van der Waals surface area contributed by atoms with Crippen molar-refractivity contribution in [1.82, 2.24) is 15.2 Å². The molecule has 4 heteroatoms. The highest BCUT2D eigenvalue weighted by atomic mass is 19.1. The van der Waals surface area contributed by atoms with Crippen molar-refractivity contribution in [2.45, 2.75) is 38.8 Å². The summed E-state index contributed by atoms with van der Waals surface area (Å²) in [5, 5.41) is 3.58. The van der Waals surface area contributed by atoms with Gasteiger partial charge >= 0.3 is 0 Å². The lowest BCUT2D eigenvalue weighted by Gasteiger charge is -2.34. The molecule has 0 amide bonds. The van der Waals surface area contributed by atoms with Crippen molar-refractivity contribution in [2.75, 3.05) is 19.6 Å². The number of nitrogens with one attached hydrogen (secondary N) is 1. The predicted molar refractivity (Wildman–Crippen MR) is 70.9 cm³/mol. The summed E-state index contributed by atoms with van der Waals surface area (Å²) in [5.74, 6) is -0.264. The average Bonchev–Trinajstić information content (AvgIpc) is 2.39. The molecule has 0 aromatic carbocycles. The molecule has 2 rings (SSSR count). The fourth-order valence-corrected chi connectivity index (χ4v) is 2.59. The van der Waals surface area contributed by atoms with Crippen LogP contribution in [0.5, 0.6) is 0 Å². The third kappa shape index (κ3) is 3.50. The van der Waals surface area contributed by atoms with Crippen molar-refractivity contribution in [2.24, 2.45) is 0 Å². The molecule has 0 bridgehead atoms. The van der Waals surface area contributed by atoms with Crippen molar-refractivity contribution in [1.29, 1.82) is 0 Å². The van der Waals surface area contributed by atoms with Crippen LogP contribution in [0.1, 0.15) is 38.3 Å². The summed E-state index contributed by atoms with van der Waals surface area (Å²) < 4.78 is 13.1. The molecule has 1 saturated heterocycles. The molecule has 1 fully saturated rings. The SMILES string of the molecule is CCN1CCCC(NC(C)c2cncc(F)c2)C1. The number of pyridine rings is 1. The summed E-state index contributed by atoms with van der Waals surface area (Å²) in [6.07, 6.45) is 5.42. The molecule has 0 radical (unpaired) electrons. The highest BCUT2D eigenvalue weighted by Gasteiger charge is 2.20. The van der Waals surface area contributed by atoms with Crippen LogP contribution in [-0.2, 0) is 0 Å². The normalized spacial score (nSPS) is 22.9. The minimum atomic E-state index is -0.264. The number of nitrogens with zero attached hydrogens (tertiary/aromatic N) is 2. The second-order valence-electron chi connectivity index (χ2n) is 5.06. The fourth-order valence-electron chi connectivity index (χ4n) is 2.59. The zero-order chi connectivity index (χ0) is 13.0. The second kappa shape index (κ2) is 6.25. The third-order valence-electron chi connectivity index (χ3n) is 3.66. The number of hydrogen-bond acceptors (Lipinski definition) is 3. The Balaban J connectivity index is 1.92. The Hall–Kier alpha value is -1.00. The third-order valence-corrected chi connectivity index (χ3v) is 3.66. The number of likely N-dealkylation sites (N-methyl/N-ethyl adjacent to an activating group) is 1. The molecule has 2 unspecified atom stereocenters. The Bertz CT molecular complexity index is 383. The lowest BCUT2D eigenvalue weighted by molar-refractivity contribution is 0.192. The molecule has 1 aromatic heterocycles. The van der Waals surface area contributed by atoms with Gasteiger partial charge in [0.15, 0.2) is 0 Å². The molecule has 0 saturated carbocycles. The molecular formula is C14H22FN3. The molecule has 1 aromatic rings. The Labute approximate surface area is 108 Å². The first-order chi connectivity index (χ1) is 8.69. The molecule has 1 N–H and O–H groups in total. The molecule has 100 valence electrons. The number of piperidine rings is 1. The maximum Gasteiger partial charge on any atom is 0.141 e. The standard InChI is InChI=1S/C14H22FN3/c1-3-18-6-4-5-14(10-18)17-11(2)12-7-13(15)9-16-8-12/h7-9,11,14,17H,3-6,10H2,1-2H3. The Morgan fingerprint density at radius 3 is 3.11 bits per heavy atom. The van der Waals surface area contributed by atoms with Crippen molar-refractivity contribution < 1.29 is 4.39 Å². The minimum Gasteiger partial charge on any atom is -0.306 e. The van der Waals surface area contributed by atoms with E-state index in [1.165, 1.54) is 25.6 Å². The highest BCUT2D eigenvalue weighted by Crippen LogP contribution is 2.16. The van der Waals surface area contributed by atoms with Gasteiger partial charge in [-0.05, 0) is 44.5 Å². The van der Waals surface area contributed by atoms with E-state index < -0.39 is 0 Å². The van der Waals surface area contributed by atoms with Crippen LogP contribution < -0.4 is 5.32 Å². The maximum atomic E-state index is 13.1. The van der Waals surface area contributed by atoms with Crippen LogP contribution in [0.4, 0.5) is 4.39 Å². The fraction of sp³-hybridized carbons (Fsp3) is 0.643. The Morgan fingerprint density at radius 2 is 2.39 bits per heavy atom. The average molecular weight is 251 g/mol. The van der Waals surface area contributed by atoms with E-state index in [-0.39, 0.29) is 11.9 Å². The van der Waals surface area contributed by atoms with Gasteiger partial charge in [-0.15, -0.1) is 0 Å². The van der Waals surface area contributed by atoms with Crippen LogP contribution in [0, 0.1) is 5.82 Å². The highest BCUT2D eigenvalue weighted by molar-refractivity contribution is 5.14. The molecule has 0 aliphatic carbocycles. The van der Waals surface area contributed by atoms with Gasteiger partial charge in [-0.25, -0.2) is 4.39 Å². The topological polar surface area (TPSA) is 28.2 Å². The van der Waals surface area contributed by atoms with Crippen LogP contribution in [-0.4, -0.2) is 35.6 Å². The van der Waals surface area contributed by atoms with Crippen molar-refractivity contribution in [3.8, 4) is 0 Å². The number of halogens is 1. The molecule has 3 nitrogen and oxygen atoms in total. The van der Waals surface area contributed by atoms with E-state index in [2.05, 4.69) is 29.0 Å². The Morgan fingerprint density at radius 1 is 1.56 bits per heavy atom. The second-order valence-corrected chi connectivity index (χ2v) is 5.06. The quantitative estimate of drug-likeness (QED) is 0.890. The van der Waals surface area contributed by atoms with Crippen LogP contribution in [0.2, 0.25) is 0 Å². The van der Waals surface area contributed by atoms with Crippen LogP contribution in [0.3, 0.4) is 0 Å². The summed E-state index contributed by atoms with van der Waals surface area (Å²) in [6.45, 7) is 7.66. The molecular weight excluding hydrogens is 229 g/mol. The first-order valence-corrected chi connectivity index (χ1v) is 6.78. The van der Waals surface area contributed by atoms with Crippen LogP contribution in [0.25, 0.3) is 0 Å². The van der Waals surface area contributed by atoms with Gasteiger partial charge in [0.1, 0.15) is 5.82 Å². The van der Waals surface area contributed by atoms with Gasteiger partial charge in [-0.2, -0.15) is 0 Å². The summed E-state index contributed by atoms with van der Waals surface area (Å²) in [6, 6.07) is 2.21. The molecule has 1 aliphatic heterocycles. The van der Waals surface area contributed by atoms with Gasteiger partial charge in [0.2, 0.25) is 0 Å². The van der Waals surface area contributed by atoms with Crippen molar-refractivity contribution >= 4 is 0 Å². The number of rotatable bonds is 4. The summed E-state index contributed by atoms with van der Waals surface area (Å²) in [4.78, 5) is 6.36. The van der Waals surface area contributed by atoms with Gasteiger partial charge in [-0.1, -0.05) is 6.92 Å². The molecule has 18 heavy (non-hydrogen) atoms. The van der Waals surface area contributed by atoms with E-state index >= 15 is 0 Å². The minimum absolute atomic E-state index is 0.148. The van der Waals surface area contributed by atoms with E-state index in [1.807, 2.05) is 0 Å². The summed E-state index contributed by atoms with van der Waals surface area (Å²) in [7, 11) is 0. The largest absolute Gasteiger partial charge is 0.306 e. The van der Waals surface area contributed by atoms with Gasteiger partial charge in [0.25, 0.3) is 0 Å². The van der Waals surface area contributed by atoms with Gasteiger partial charge < -0.3 is 10.2 Å². The molecule has 0 spiro atoms. The van der Waals surface area contributed by atoms with Crippen LogP contribution >= 0.6 is 0 Å². The maximum absolute atomic E-state index is 13.1. The van der Waals surface area contributed by atoms with E-state index in [9.17, 15) is 4.39 Å². The first kappa shape index (κ1) is 13.4. The van der Waals surface area contributed by atoms with E-state index in [1.54, 1.807) is 12.3 Å². The first-order valence-electron chi connectivity index (χ1n) is 6.78. The lowest BCUT2D eigenvalue weighted by atomic mass is 10.0. The smallest absolute Gasteiger partial charge is 0.141 e. The monoisotopic (exact) mass is 251 g/mol. The summed E-state index contributed by atoms with van der Waals surface area (Å²) in [5.41, 5.74) is 0.920. The van der Waals surface area contributed by atoms with Gasteiger partial charge in [0, 0.05) is 24.8 Å². The molecule has 1 aliphatic rings. The number of likely N-dealkylation sites (tertiary alicyclic amines) is 1. The number of aromatic nitrogens is 1. The molecule has 2 heterocycles. The van der Waals surface area contributed by atoms with Crippen molar-refractivity contribution in [3.63, 3.8) is 0 Å². The Kier molecular flexibility index (Phi) is 4.66. The van der Waals surface area contributed by atoms with E-state index in [4.69, 9.17) is 0 Å². The van der Waals surface area contributed by atoms with Gasteiger partial charge in [0.05, 0.1) is 6.20 Å². The van der Waals surface area contributed by atoms with E-state index in [0.29, 0.717) is 6.04 Å². The summed E-state index contributed by atoms with van der Waals surface area (Å²) >= 11 is 0. The molecule has 2 atom stereocenters.